The summed E-state index contributed by atoms with van der Waals surface area (Å²) in [5, 5.41) is 8.33. The molecule has 1 aromatic heterocycles. The predicted molar refractivity (Wildman–Crippen MR) is 105 cm³/mol. The number of hydrogen-bond donors (Lipinski definition) is 1. The Morgan fingerprint density at radius 2 is 1.89 bits per heavy atom. The zero-order valence-corrected chi connectivity index (χ0v) is 16.8. The number of ether oxygens (including phenoxy) is 1. The topological polar surface area (TPSA) is 84.4 Å². The molecule has 1 fully saturated rings. The SMILES string of the molecule is COc1ccc(S(=O)(=O)NCC2CCN(c3ccc(C)nn3)CC2)cc1C. The zero-order valence-electron chi connectivity index (χ0n) is 16.0. The quantitative estimate of drug-likeness (QED) is 0.815. The van der Waals surface area contributed by atoms with Crippen molar-refractivity contribution in [2.24, 2.45) is 5.92 Å². The third kappa shape index (κ3) is 4.75. The molecule has 1 saturated heterocycles. The van der Waals surface area contributed by atoms with Crippen LogP contribution in [0.15, 0.2) is 35.2 Å². The molecule has 0 amide bonds. The average molecular weight is 391 g/mol. The van der Waals surface area contributed by atoms with Crippen molar-refractivity contribution >= 4 is 15.8 Å². The molecule has 0 aliphatic carbocycles. The van der Waals surface area contributed by atoms with E-state index in [1.807, 2.05) is 26.0 Å². The molecule has 2 aromatic rings. The lowest BCUT2D eigenvalue weighted by Gasteiger charge is -2.32. The first-order valence-electron chi connectivity index (χ1n) is 9.08. The summed E-state index contributed by atoms with van der Waals surface area (Å²) in [6.45, 7) is 5.90. The first-order valence-corrected chi connectivity index (χ1v) is 10.6. The van der Waals surface area contributed by atoms with Crippen LogP contribution in [0.1, 0.15) is 24.1 Å². The number of nitrogens with one attached hydrogen (secondary N) is 1. The van der Waals surface area contributed by atoms with Gasteiger partial charge in [0.25, 0.3) is 0 Å². The van der Waals surface area contributed by atoms with E-state index >= 15 is 0 Å². The van der Waals surface area contributed by atoms with Gasteiger partial charge in [-0.05, 0) is 68.5 Å². The number of benzene rings is 1. The lowest BCUT2D eigenvalue weighted by Crippen LogP contribution is -2.39. The molecule has 8 heteroatoms. The van der Waals surface area contributed by atoms with Crippen LogP contribution in [0.4, 0.5) is 5.82 Å². The highest BCUT2D eigenvalue weighted by Gasteiger charge is 2.23. The molecule has 2 heterocycles. The van der Waals surface area contributed by atoms with E-state index in [1.165, 1.54) is 0 Å². The van der Waals surface area contributed by atoms with Gasteiger partial charge in [-0.15, -0.1) is 5.10 Å². The van der Waals surface area contributed by atoms with Crippen LogP contribution >= 0.6 is 0 Å². The number of aromatic nitrogens is 2. The van der Waals surface area contributed by atoms with Crippen LogP contribution in [0.25, 0.3) is 0 Å². The number of rotatable bonds is 6. The Balaban J connectivity index is 1.54. The van der Waals surface area contributed by atoms with Crippen molar-refractivity contribution in [1.29, 1.82) is 0 Å². The Labute approximate surface area is 160 Å². The van der Waals surface area contributed by atoms with E-state index in [-0.39, 0.29) is 4.90 Å². The fraction of sp³-hybridized carbons (Fsp3) is 0.474. The standard InChI is InChI=1S/C19H26N4O3S/c1-14-12-17(5-6-18(14)26-3)27(24,25)20-13-16-8-10-23(11-9-16)19-7-4-15(2)21-22-19/h4-7,12,16,20H,8-11,13H2,1-3H3. The molecule has 7 nitrogen and oxygen atoms in total. The Morgan fingerprint density at radius 3 is 2.48 bits per heavy atom. The van der Waals surface area contributed by atoms with Crippen molar-refractivity contribution in [3.05, 3.63) is 41.6 Å². The lowest BCUT2D eigenvalue weighted by molar-refractivity contribution is 0.400. The second kappa shape index (κ2) is 8.22. The molecular weight excluding hydrogens is 364 g/mol. The van der Waals surface area contributed by atoms with Gasteiger partial charge in [-0.1, -0.05) is 0 Å². The summed E-state index contributed by atoms with van der Waals surface area (Å²) in [4.78, 5) is 2.47. The molecule has 3 rings (SSSR count). The summed E-state index contributed by atoms with van der Waals surface area (Å²) in [6.07, 6.45) is 1.83. The summed E-state index contributed by atoms with van der Waals surface area (Å²) in [7, 11) is -1.95. The van der Waals surface area contributed by atoms with E-state index in [2.05, 4.69) is 19.8 Å². The van der Waals surface area contributed by atoms with Crippen LogP contribution < -0.4 is 14.4 Å². The molecule has 0 atom stereocenters. The number of sulfonamides is 1. The number of aryl methyl sites for hydroxylation is 2. The molecule has 0 unspecified atom stereocenters. The average Bonchev–Trinajstić information content (AvgIpc) is 2.67. The molecule has 0 radical (unpaired) electrons. The largest absolute Gasteiger partial charge is 0.496 e. The van der Waals surface area contributed by atoms with E-state index < -0.39 is 10.0 Å². The van der Waals surface area contributed by atoms with E-state index in [9.17, 15) is 8.42 Å². The number of anilines is 1. The number of nitrogens with zero attached hydrogens (tertiary/aromatic N) is 3. The van der Waals surface area contributed by atoms with Gasteiger partial charge in [-0.3, -0.25) is 0 Å². The smallest absolute Gasteiger partial charge is 0.240 e. The third-order valence-corrected chi connectivity index (χ3v) is 6.38. The minimum atomic E-state index is -3.52. The zero-order chi connectivity index (χ0) is 19.4. The van der Waals surface area contributed by atoms with Gasteiger partial charge in [0.05, 0.1) is 17.7 Å². The van der Waals surface area contributed by atoms with Gasteiger partial charge >= 0.3 is 0 Å². The van der Waals surface area contributed by atoms with Gasteiger partial charge in [-0.25, -0.2) is 13.1 Å². The predicted octanol–water partition coefficient (Wildman–Crippen LogP) is 2.30. The van der Waals surface area contributed by atoms with Crippen LogP contribution in [0.5, 0.6) is 5.75 Å². The van der Waals surface area contributed by atoms with E-state index in [1.54, 1.807) is 25.3 Å². The molecule has 0 saturated carbocycles. The highest BCUT2D eigenvalue weighted by Crippen LogP contribution is 2.23. The number of piperidine rings is 1. The lowest BCUT2D eigenvalue weighted by atomic mass is 9.97. The molecule has 1 aliphatic rings. The maximum Gasteiger partial charge on any atom is 0.240 e. The Bertz CT molecular complexity index is 876. The van der Waals surface area contributed by atoms with Crippen LogP contribution in [-0.2, 0) is 10.0 Å². The summed E-state index contributed by atoms with van der Waals surface area (Å²) >= 11 is 0. The van der Waals surface area contributed by atoms with Gasteiger partial charge in [0.1, 0.15) is 5.75 Å². The maximum atomic E-state index is 12.6. The maximum absolute atomic E-state index is 12.6. The highest BCUT2D eigenvalue weighted by molar-refractivity contribution is 7.89. The summed E-state index contributed by atoms with van der Waals surface area (Å²) in [6, 6.07) is 8.84. The van der Waals surface area contributed by atoms with Crippen molar-refractivity contribution in [2.75, 3.05) is 31.6 Å². The van der Waals surface area contributed by atoms with E-state index in [0.717, 1.165) is 43.0 Å². The van der Waals surface area contributed by atoms with Crippen molar-refractivity contribution < 1.29 is 13.2 Å². The Kier molecular flexibility index (Phi) is 5.96. The van der Waals surface area contributed by atoms with Crippen molar-refractivity contribution in [3.63, 3.8) is 0 Å². The molecule has 1 aromatic carbocycles. The van der Waals surface area contributed by atoms with Gasteiger partial charge in [0.15, 0.2) is 5.82 Å². The molecular formula is C19H26N4O3S. The molecule has 1 aliphatic heterocycles. The molecule has 27 heavy (non-hydrogen) atoms. The fourth-order valence-corrected chi connectivity index (χ4v) is 4.46. The van der Waals surface area contributed by atoms with Crippen molar-refractivity contribution in [3.8, 4) is 5.75 Å². The summed E-state index contributed by atoms with van der Waals surface area (Å²) in [5.74, 6) is 1.88. The van der Waals surface area contributed by atoms with Crippen LogP contribution in [-0.4, -0.2) is 45.4 Å². The second-order valence-electron chi connectivity index (χ2n) is 6.95. The highest BCUT2D eigenvalue weighted by atomic mass is 32.2. The first kappa shape index (κ1) is 19.6. The van der Waals surface area contributed by atoms with Gasteiger partial charge in [-0.2, -0.15) is 5.10 Å². The molecule has 0 bridgehead atoms. The van der Waals surface area contributed by atoms with Gasteiger partial charge < -0.3 is 9.64 Å². The minimum absolute atomic E-state index is 0.271. The van der Waals surface area contributed by atoms with E-state index in [0.29, 0.717) is 18.2 Å². The van der Waals surface area contributed by atoms with Crippen molar-refractivity contribution in [2.45, 2.75) is 31.6 Å². The monoisotopic (exact) mass is 390 g/mol. The molecule has 1 N–H and O–H groups in total. The summed E-state index contributed by atoms with van der Waals surface area (Å²) in [5.41, 5.74) is 1.70. The Morgan fingerprint density at radius 1 is 1.15 bits per heavy atom. The van der Waals surface area contributed by atoms with Crippen LogP contribution in [0.3, 0.4) is 0 Å². The second-order valence-corrected chi connectivity index (χ2v) is 8.71. The fourth-order valence-electron chi connectivity index (χ4n) is 3.26. The normalized spacial score (nSPS) is 15.7. The van der Waals surface area contributed by atoms with E-state index in [4.69, 9.17) is 4.74 Å². The summed E-state index contributed by atoms with van der Waals surface area (Å²) < 4.78 is 33.1. The number of hydrogen-bond acceptors (Lipinski definition) is 6. The first-order chi connectivity index (χ1) is 12.9. The number of methoxy groups -OCH3 is 1. The minimum Gasteiger partial charge on any atom is -0.496 e. The third-order valence-electron chi connectivity index (χ3n) is 4.96. The molecule has 146 valence electrons. The van der Waals surface area contributed by atoms with Crippen molar-refractivity contribution in [1.82, 2.24) is 14.9 Å². The van der Waals surface area contributed by atoms with Crippen LogP contribution in [0, 0.1) is 19.8 Å². The molecule has 0 spiro atoms. The van der Waals surface area contributed by atoms with Gasteiger partial charge in [0, 0.05) is 19.6 Å². The Hall–Kier alpha value is -2.19. The van der Waals surface area contributed by atoms with Crippen LogP contribution in [0.2, 0.25) is 0 Å². The van der Waals surface area contributed by atoms with Gasteiger partial charge in [0.2, 0.25) is 10.0 Å².